The Morgan fingerprint density at radius 1 is 1.26 bits per heavy atom. The summed E-state index contributed by atoms with van der Waals surface area (Å²) in [7, 11) is 0. The molecule has 2 N–H and O–H groups in total. The van der Waals surface area contributed by atoms with Gasteiger partial charge in [0.05, 0.1) is 12.1 Å². The lowest BCUT2D eigenvalue weighted by Gasteiger charge is -2.49. The Balaban J connectivity index is 1.72. The van der Waals surface area contributed by atoms with Crippen LogP contribution >= 0.6 is 0 Å². The maximum atomic E-state index is 11.2. The number of hydrogen-bond donors (Lipinski definition) is 2. The maximum Gasteiger partial charge on any atom is 0.231 e. The molecular formula is C18H23N2O3+. The molecule has 2 fully saturated rings. The van der Waals surface area contributed by atoms with Crippen molar-refractivity contribution < 1.29 is 19.5 Å². The predicted molar refractivity (Wildman–Crippen MR) is 83.1 cm³/mol. The van der Waals surface area contributed by atoms with Crippen LogP contribution in [0, 0.1) is 17.2 Å². The molecule has 2 heterocycles. The van der Waals surface area contributed by atoms with Gasteiger partial charge in [-0.1, -0.05) is 12.8 Å². The summed E-state index contributed by atoms with van der Waals surface area (Å²) in [6.07, 6.45) is 4.99. The molecule has 122 valence electrons. The molecule has 5 nitrogen and oxygen atoms in total. The van der Waals surface area contributed by atoms with Gasteiger partial charge < -0.3 is 19.5 Å². The molecule has 23 heavy (non-hydrogen) atoms. The molecule has 1 saturated heterocycles. The smallest absolute Gasteiger partial charge is 0.231 e. The van der Waals surface area contributed by atoms with Gasteiger partial charge in [-0.15, -0.1) is 0 Å². The minimum absolute atomic E-state index is 0.156. The van der Waals surface area contributed by atoms with E-state index < -0.39 is 5.60 Å². The summed E-state index contributed by atoms with van der Waals surface area (Å²) >= 11 is 0. The van der Waals surface area contributed by atoms with Gasteiger partial charge in [0.1, 0.15) is 12.1 Å². The Kier molecular flexibility index (Phi) is 3.67. The van der Waals surface area contributed by atoms with Gasteiger partial charge in [-0.05, 0) is 31.0 Å². The summed E-state index contributed by atoms with van der Waals surface area (Å²) in [6.45, 7) is 1.59. The molecule has 0 bridgehead atoms. The highest BCUT2D eigenvalue weighted by atomic mass is 16.7. The summed E-state index contributed by atoms with van der Waals surface area (Å²) in [5, 5.41) is 20.4. The Morgan fingerprint density at radius 2 is 2.13 bits per heavy atom. The van der Waals surface area contributed by atoms with Gasteiger partial charge in [-0.2, -0.15) is 5.26 Å². The van der Waals surface area contributed by atoms with Gasteiger partial charge in [0.2, 0.25) is 6.79 Å². The third-order valence-electron chi connectivity index (χ3n) is 5.85. The minimum atomic E-state index is -0.571. The van der Waals surface area contributed by atoms with Crippen molar-refractivity contribution in [2.24, 2.45) is 5.92 Å². The first-order valence-corrected chi connectivity index (χ1v) is 8.55. The summed E-state index contributed by atoms with van der Waals surface area (Å²) in [6, 6.07) is 8.56. The van der Waals surface area contributed by atoms with E-state index in [1.807, 2.05) is 12.1 Å². The lowest BCUT2D eigenvalue weighted by Crippen LogP contribution is -3.15. The SMILES string of the molecule is N#CC[NH+]1CC[C@@]2(O)CCCC[C@@H]2[C@@H]1c1ccc2c(c1)OCO2. The number of rotatable bonds is 2. The number of benzene rings is 1. The Hall–Kier alpha value is -1.77. The lowest BCUT2D eigenvalue weighted by atomic mass is 9.66. The number of nitriles is 1. The van der Waals surface area contributed by atoms with Crippen molar-refractivity contribution in [3.05, 3.63) is 23.8 Å². The van der Waals surface area contributed by atoms with E-state index in [-0.39, 0.29) is 18.8 Å². The van der Waals surface area contributed by atoms with E-state index in [1.165, 1.54) is 4.90 Å². The zero-order valence-electron chi connectivity index (χ0n) is 13.3. The molecule has 0 spiro atoms. The van der Waals surface area contributed by atoms with Crippen molar-refractivity contribution >= 4 is 0 Å². The molecule has 2 aliphatic heterocycles. The van der Waals surface area contributed by atoms with Crippen molar-refractivity contribution in [1.29, 1.82) is 5.26 Å². The molecule has 5 heteroatoms. The Bertz CT molecular complexity index is 642. The van der Waals surface area contributed by atoms with Crippen molar-refractivity contribution in [2.45, 2.75) is 43.7 Å². The third kappa shape index (κ3) is 2.46. The van der Waals surface area contributed by atoms with E-state index in [9.17, 15) is 10.4 Å². The van der Waals surface area contributed by atoms with Crippen LogP contribution in [0.25, 0.3) is 0 Å². The minimum Gasteiger partial charge on any atom is -0.454 e. The fraction of sp³-hybridized carbons (Fsp3) is 0.611. The summed E-state index contributed by atoms with van der Waals surface area (Å²) in [5.74, 6) is 1.78. The zero-order chi connectivity index (χ0) is 15.9. The molecule has 1 aromatic carbocycles. The standard InChI is InChI=1S/C18H22N2O3/c19-8-10-20-9-7-18(21)6-2-1-3-14(18)17(20)13-4-5-15-16(11-13)23-12-22-15/h4-5,11,14,17,21H,1-3,6-7,9-10,12H2/p+1/t14-,17+,18+/m1/s1. The van der Waals surface area contributed by atoms with Crippen LogP contribution in [0.3, 0.4) is 0 Å². The van der Waals surface area contributed by atoms with Crippen LogP contribution in [0.15, 0.2) is 18.2 Å². The normalized spacial score (nSPS) is 35.4. The van der Waals surface area contributed by atoms with E-state index >= 15 is 0 Å². The second-order valence-corrected chi connectivity index (χ2v) is 7.04. The van der Waals surface area contributed by atoms with Crippen LogP contribution in [0.4, 0.5) is 0 Å². The van der Waals surface area contributed by atoms with Gasteiger partial charge in [0, 0.05) is 17.9 Å². The van der Waals surface area contributed by atoms with Crippen LogP contribution in [-0.2, 0) is 0 Å². The zero-order valence-corrected chi connectivity index (χ0v) is 13.3. The first kappa shape index (κ1) is 14.8. The summed E-state index contributed by atoms with van der Waals surface area (Å²) < 4.78 is 10.9. The molecule has 0 amide bonds. The number of quaternary nitrogens is 1. The molecule has 3 aliphatic rings. The van der Waals surface area contributed by atoms with Crippen LogP contribution in [0.2, 0.25) is 0 Å². The van der Waals surface area contributed by atoms with E-state index in [2.05, 4.69) is 12.1 Å². The van der Waals surface area contributed by atoms with Crippen molar-refractivity contribution in [2.75, 3.05) is 19.9 Å². The Labute approximate surface area is 136 Å². The van der Waals surface area contributed by atoms with Gasteiger partial charge in [-0.25, -0.2) is 0 Å². The third-order valence-corrected chi connectivity index (χ3v) is 5.85. The number of hydrogen-bond acceptors (Lipinski definition) is 4. The number of ether oxygens (including phenoxy) is 2. The lowest BCUT2D eigenvalue weighted by molar-refractivity contribution is -0.938. The molecule has 4 atom stereocenters. The second kappa shape index (κ2) is 5.70. The van der Waals surface area contributed by atoms with Gasteiger partial charge in [-0.3, -0.25) is 0 Å². The average molecular weight is 315 g/mol. The molecule has 1 unspecified atom stereocenters. The fourth-order valence-corrected chi connectivity index (χ4v) is 4.73. The monoisotopic (exact) mass is 315 g/mol. The first-order valence-electron chi connectivity index (χ1n) is 8.55. The number of nitrogens with zero attached hydrogens (tertiary/aromatic N) is 1. The van der Waals surface area contributed by atoms with E-state index in [4.69, 9.17) is 9.47 Å². The van der Waals surface area contributed by atoms with E-state index in [1.54, 1.807) is 0 Å². The quantitative estimate of drug-likeness (QED) is 0.805. The van der Waals surface area contributed by atoms with Gasteiger partial charge in [0.15, 0.2) is 18.0 Å². The fourth-order valence-electron chi connectivity index (χ4n) is 4.73. The summed E-state index contributed by atoms with van der Waals surface area (Å²) in [5.41, 5.74) is 0.586. The largest absolute Gasteiger partial charge is 0.454 e. The molecular weight excluding hydrogens is 292 g/mol. The van der Waals surface area contributed by atoms with E-state index in [0.29, 0.717) is 6.54 Å². The van der Waals surface area contributed by atoms with Crippen molar-refractivity contribution in [3.8, 4) is 17.6 Å². The molecule has 1 aliphatic carbocycles. The highest BCUT2D eigenvalue weighted by Gasteiger charge is 2.51. The van der Waals surface area contributed by atoms with Gasteiger partial charge in [0.25, 0.3) is 0 Å². The van der Waals surface area contributed by atoms with Gasteiger partial charge >= 0.3 is 0 Å². The average Bonchev–Trinajstić information content (AvgIpc) is 3.02. The van der Waals surface area contributed by atoms with Crippen LogP contribution in [-0.4, -0.2) is 30.6 Å². The number of likely N-dealkylation sites (tertiary alicyclic amines) is 1. The number of piperidine rings is 1. The van der Waals surface area contributed by atoms with Crippen LogP contribution < -0.4 is 14.4 Å². The van der Waals surface area contributed by atoms with Crippen molar-refractivity contribution in [3.63, 3.8) is 0 Å². The topological polar surface area (TPSA) is 66.9 Å². The maximum absolute atomic E-state index is 11.2. The van der Waals surface area contributed by atoms with Crippen LogP contribution in [0.5, 0.6) is 11.5 Å². The molecule has 0 aromatic heterocycles. The molecule has 1 aromatic rings. The molecule has 4 rings (SSSR count). The summed E-state index contributed by atoms with van der Waals surface area (Å²) in [4.78, 5) is 1.27. The number of fused-ring (bicyclic) bond motifs is 2. The highest BCUT2D eigenvalue weighted by molar-refractivity contribution is 5.45. The number of nitrogens with one attached hydrogen (secondary N) is 1. The van der Waals surface area contributed by atoms with Crippen molar-refractivity contribution in [1.82, 2.24) is 0 Å². The Morgan fingerprint density at radius 3 is 3.00 bits per heavy atom. The first-order chi connectivity index (χ1) is 11.2. The number of aliphatic hydroxyl groups is 1. The van der Waals surface area contributed by atoms with Crippen LogP contribution in [0.1, 0.15) is 43.7 Å². The second-order valence-electron chi connectivity index (χ2n) is 7.04. The highest BCUT2D eigenvalue weighted by Crippen LogP contribution is 2.45. The molecule has 0 radical (unpaired) electrons. The predicted octanol–water partition coefficient (Wildman–Crippen LogP) is 1.19. The molecule has 1 saturated carbocycles. The van der Waals surface area contributed by atoms with E-state index in [0.717, 1.165) is 55.7 Å².